The molecule has 0 saturated heterocycles. The van der Waals surface area contributed by atoms with Gasteiger partial charge in [-0.2, -0.15) is 8.78 Å². The fourth-order valence-corrected chi connectivity index (χ4v) is 2.39. The van der Waals surface area contributed by atoms with Gasteiger partial charge in [-0.25, -0.2) is 8.42 Å². The third kappa shape index (κ3) is 6.76. The molecule has 0 amide bonds. The third-order valence-electron chi connectivity index (χ3n) is 3.32. The molecule has 0 bridgehead atoms. The van der Waals surface area contributed by atoms with Crippen LogP contribution in [0.2, 0.25) is 0 Å². The van der Waals surface area contributed by atoms with Crippen LogP contribution in [0, 0.1) is 0 Å². The first-order valence-corrected chi connectivity index (χ1v) is 9.37. The van der Waals surface area contributed by atoms with Gasteiger partial charge in [-0.15, -0.1) is 0 Å². The lowest BCUT2D eigenvalue weighted by Gasteiger charge is -2.11. The van der Waals surface area contributed by atoms with Gasteiger partial charge in [-0.05, 0) is 23.8 Å². The molecule has 1 aromatic rings. The number of nitrogens with zero attached hydrogens (tertiary/aromatic N) is 1. The van der Waals surface area contributed by atoms with Crippen molar-refractivity contribution < 1.29 is 22.0 Å². The van der Waals surface area contributed by atoms with Crippen LogP contribution in [0.4, 0.5) is 14.5 Å². The highest BCUT2D eigenvalue weighted by Gasteiger charge is 2.21. The summed E-state index contributed by atoms with van der Waals surface area (Å²) in [5.74, 6) is -4.69. The van der Waals surface area contributed by atoms with Crippen molar-refractivity contribution >= 4 is 27.4 Å². The average molecular weight is 381 g/mol. The minimum Gasteiger partial charge on any atom is -0.378 e. The molecule has 1 aromatic carbocycles. The van der Waals surface area contributed by atoms with E-state index in [1.54, 1.807) is 6.08 Å². The predicted molar refractivity (Wildman–Crippen MR) is 102 cm³/mol. The van der Waals surface area contributed by atoms with E-state index >= 15 is 0 Å². The number of sulfone groups is 1. The summed E-state index contributed by atoms with van der Waals surface area (Å²) in [6, 6.07) is 7.50. The lowest BCUT2D eigenvalue weighted by Crippen LogP contribution is -2.13. The Morgan fingerprint density at radius 1 is 1.19 bits per heavy atom. The molecule has 0 radical (unpaired) electrons. The molecular formula is C19H21F2NO3S. The summed E-state index contributed by atoms with van der Waals surface area (Å²) < 4.78 is 46.8. The third-order valence-corrected chi connectivity index (χ3v) is 4.52. The van der Waals surface area contributed by atoms with Gasteiger partial charge in [0.25, 0.3) is 0 Å². The van der Waals surface area contributed by atoms with E-state index < -0.39 is 27.1 Å². The fraction of sp³-hybridized carbons (Fsp3) is 0.211. The Morgan fingerprint density at radius 2 is 1.81 bits per heavy atom. The molecule has 0 atom stereocenters. The largest absolute Gasteiger partial charge is 0.378 e. The molecule has 0 heterocycles. The Kier molecular flexibility index (Phi) is 8.12. The van der Waals surface area contributed by atoms with Gasteiger partial charge in [-0.1, -0.05) is 49.1 Å². The Bertz CT molecular complexity index is 821. The van der Waals surface area contributed by atoms with Crippen LogP contribution in [0.3, 0.4) is 0 Å². The van der Waals surface area contributed by atoms with Crippen molar-refractivity contribution in [2.45, 2.75) is 5.76 Å². The zero-order valence-electron chi connectivity index (χ0n) is 14.6. The monoisotopic (exact) mass is 381 g/mol. The zero-order valence-corrected chi connectivity index (χ0v) is 15.4. The van der Waals surface area contributed by atoms with Crippen LogP contribution in [0.1, 0.15) is 5.56 Å². The van der Waals surface area contributed by atoms with E-state index in [2.05, 4.69) is 6.58 Å². The number of rotatable bonds is 9. The second kappa shape index (κ2) is 9.82. The Labute approximate surface area is 152 Å². The van der Waals surface area contributed by atoms with Crippen molar-refractivity contribution in [2.75, 3.05) is 24.7 Å². The molecule has 140 valence electrons. The number of ketones is 1. The number of carbonyl (C=O) groups is 1. The molecule has 1 rings (SSSR count). The van der Waals surface area contributed by atoms with Crippen LogP contribution < -0.4 is 4.90 Å². The number of anilines is 1. The lowest BCUT2D eigenvalue weighted by atomic mass is 10.1. The summed E-state index contributed by atoms with van der Waals surface area (Å²) in [6.07, 6.45) is 7.90. The summed E-state index contributed by atoms with van der Waals surface area (Å²) in [4.78, 5) is 14.2. The SMILES string of the molecule is C=C/C=C(\C=C/CS(=O)(=O)C(F)F)C(=O)/C=C/c1ccc(N(C)C)cc1. The normalized spacial score (nSPS) is 12.9. The molecular weight excluding hydrogens is 360 g/mol. The van der Waals surface area contributed by atoms with Crippen molar-refractivity contribution in [1.82, 2.24) is 0 Å². The van der Waals surface area contributed by atoms with Crippen LogP contribution in [-0.2, 0) is 14.6 Å². The van der Waals surface area contributed by atoms with Gasteiger partial charge in [-0.3, -0.25) is 4.79 Å². The minimum atomic E-state index is -4.51. The molecule has 0 aliphatic heterocycles. The van der Waals surface area contributed by atoms with Crippen LogP contribution in [-0.4, -0.2) is 39.8 Å². The predicted octanol–water partition coefficient (Wildman–Crippen LogP) is 3.64. The standard InChI is InChI=1S/C19H21F2NO3S/c1-4-6-16(7-5-14-26(24,25)19(20)21)18(23)13-10-15-8-11-17(12-9-15)22(2)3/h4-13,19H,1,14H2,2-3H3/b7-5-,13-10+,16-6+. The van der Waals surface area contributed by atoms with E-state index in [4.69, 9.17) is 0 Å². The first kappa shape index (κ1) is 21.5. The number of halogens is 2. The highest BCUT2D eigenvalue weighted by atomic mass is 32.2. The number of alkyl halides is 2. The Morgan fingerprint density at radius 3 is 2.31 bits per heavy atom. The van der Waals surface area contributed by atoms with Crippen LogP contribution in [0.25, 0.3) is 6.08 Å². The highest BCUT2D eigenvalue weighted by molar-refractivity contribution is 7.91. The van der Waals surface area contributed by atoms with Crippen molar-refractivity contribution in [2.24, 2.45) is 0 Å². The molecule has 0 spiro atoms. The smallest absolute Gasteiger partial charge is 0.337 e. The second-order valence-corrected chi connectivity index (χ2v) is 7.55. The van der Waals surface area contributed by atoms with Gasteiger partial charge in [0.05, 0.1) is 5.75 Å². The topological polar surface area (TPSA) is 54.5 Å². The van der Waals surface area contributed by atoms with E-state index in [9.17, 15) is 22.0 Å². The van der Waals surface area contributed by atoms with Gasteiger partial charge in [0.15, 0.2) is 5.78 Å². The molecule has 0 unspecified atom stereocenters. The first-order chi connectivity index (χ1) is 12.2. The lowest BCUT2D eigenvalue weighted by molar-refractivity contribution is -0.111. The zero-order chi connectivity index (χ0) is 19.7. The van der Waals surface area contributed by atoms with Crippen LogP contribution in [0.15, 0.2) is 66.8 Å². The summed E-state index contributed by atoms with van der Waals surface area (Å²) in [5, 5.41) is 0. The number of benzene rings is 1. The van der Waals surface area contributed by atoms with Gasteiger partial charge >= 0.3 is 5.76 Å². The summed E-state index contributed by atoms with van der Waals surface area (Å²) in [6.45, 7) is 3.48. The molecule has 26 heavy (non-hydrogen) atoms. The fourth-order valence-electron chi connectivity index (χ4n) is 1.88. The van der Waals surface area contributed by atoms with Crippen LogP contribution in [0.5, 0.6) is 0 Å². The van der Waals surface area contributed by atoms with Crippen molar-refractivity contribution in [1.29, 1.82) is 0 Å². The first-order valence-electron chi connectivity index (χ1n) is 7.66. The van der Waals surface area contributed by atoms with E-state index in [-0.39, 0.29) is 5.57 Å². The minimum absolute atomic E-state index is 0.144. The van der Waals surface area contributed by atoms with E-state index in [1.165, 1.54) is 24.3 Å². The van der Waals surface area contributed by atoms with Gasteiger partial charge < -0.3 is 4.90 Å². The average Bonchev–Trinajstić information content (AvgIpc) is 2.59. The Hall–Kier alpha value is -2.54. The molecule has 0 fully saturated rings. The second-order valence-electron chi connectivity index (χ2n) is 5.53. The van der Waals surface area contributed by atoms with Crippen LogP contribution >= 0.6 is 0 Å². The van der Waals surface area contributed by atoms with Crippen molar-refractivity contribution in [3.8, 4) is 0 Å². The maximum absolute atomic E-state index is 12.3. The number of carbonyl (C=O) groups excluding carboxylic acids is 1. The number of allylic oxidation sites excluding steroid dienone is 5. The van der Waals surface area contributed by atoms with Gasteiger partial charge in [0.1, 0.15) is 0 Å². The molecule has 4 nitrogen and oxygen atoms in total. The highest BCUT2D eigenvalue weighted by Crippen LogP contribution is 2.14. The maximum Gasteiger partial charge on any atom is 0.337 e. The summed E-state index contributed by atoms with van der Waals surface area (Å²) >= 11 is 0. The van der Waals surface area contributed by atoms with E-state index in [1.807, 2.05) is 43.3 Å². The number of hydrogen-bond donors (Lipinski definition) is 0. The van der Waals surface area contributed by atoms with Gasteiger partial charge in [0, 0.05) is 25.4 Å². The summed E-state index contributed by atoms with van der Waals surface area (Å²) in [7, 11) is -0.672. The van der Waals surface area contributed by atoms with E-state index in [0.717, 1.165) is 17.3 Å². The maximum atomic E-state index is 12.3. The van der Waals surface area contributed by atoms with Gasteiger partial charge in [0.2, 0.25) is 9.84 Å². The van der Waals surface area contributed by atoms with Crippen molar-refractivity contribution in [3.05, 3.63) is 72.4 Å². The Balaban J connectivity index is 2.86. The molecule has 0 saturated carbocycles. The number of hydrogen-bond acceptors (Lipinski definition) is 4. The summed E-state index contributed by atoms with van der Waals surface area (Å²) in [5.41, 5.74) is 1.97. The molecule has 0 aromatic heterocycles. The van der Waals surface area contributed by atoms with Crippen molar-refractivity contribution in [3.63, 3.8) is 0 Å². The van der Waals surface area contributed by atoms with E-state index in [0.29, 0.717) is 0 Å². The molecule has 0 N–H and O–H groups in total. The molecule has 0 aliphatic carbocycles. The quantitative estimate of drug-likeness (QED) is 0.484. The molecule has 0 aliphatic rings. The molecule has 7 heteroatoms.